The van der Waals surface area contributed by atoms with Crippen LogP contribution in [0.2, 0.25) is 0 Å². The third kappa shape index (κ3) is 7.71. The lowest BCUT2D eigenvalue weighted by atomic mass is 10.3. The maximum atomic E-state index is 5.91. The van der Waals surface area contributed by atoms with E-state index in [1.165, 1.54) is 0 Å². The van der Waals surface area contributed by atoms with E-state index in [9.17, 15) is 0 Å². The minimum atomic E-state index is -2.55. The molecule has 0 bridgehead atoms. The van der Waals surface area contributed by atoms with Gasteiger partial charge in [0.05, 0.1) is 0 Å². The van der Waals surface area contributed by atoms with Gasteiger partial charge in [-0.25, -0.2) is 0 Å². The first-order valence-electron chi connectivity index (χ1n) is 6.84. The molecule has 3 nitrogen and oxygen atoms in total. The van der Waals surface area contributed by atoms with E-state index < -0.39 is 8.80 Å². The quantitative estimate of drug-likeness (QED) is 0.419. The van der Waals surface area contributed by atoms with Gasteiger partial charge in [0.25, 0.3) is 0 Å². The Morgan fingerprint density at radius 2 is 1.53 bits per heavy atom. The van der Waals surface area contributed by atoms with Gasteiger partial charge in [-0.3, -0.25) is 0 Å². The first-order valence-corrected chi connectivity index (χ1v) is 8.64. The van der Waals surface area contributed by atoms with Gasteiger partial charge in [0.1, 0.15) is 0 Å². The normalized spacial score (nSPS) is 12.5. The number of unbranched alkanes of at least 4 members (excludes halogenated alkanes) is 2. The van der Waals surface area contributed by atoms with E-state index in [1.807, 2.05) is 19.5 Å². The zero-order chi connectivity index (χ0) is 13.0. The van der Waals surface area contributed by atoms with Crippen LogP contribution < -0.4 is 0 Å². The second kappa shape index (κ2) is 11.0. The molecule has 0 atom stereocenters. The maximum Gasteiger partial charge on any atom is 0.529 e. The summed E-state index contributed by atoms with van der Waals surface area (Å²) in [6.07, 6.45) is 6.49. The number of hydrogen-bond donors (Lipinski definition) is 0. The topological polar surface area (TPSA) is 27.7 Å². The molecule has 0 unspecified atom stereocenters. The molecule has 0 amide bonds. The fraction of sp³-hybridized carbons (Fsp3) is 0.846. The molecule has 0 heterocycles. The number of rotatable bonds is 11. The van der Waals surface area contributed by atoms with Crippen LogP contribution in [0.5, 0.6) is 0 Å². The summed E-state index contributed by atoms with van der Waals surface area (Å²) in [4.78, 5) is 0. The van der Waals surface area contributed by atoms with Crippen molar-refractivity contribution in [3.63, 3.8) is 0 Å². The Hall–Kier alpha value is -0.163. The van der Waals surface area contributed by atoms with Crippen LogP contribution >= 0.6 is 0 Å². The van der Waals surface area contributed by atoms with Crippen molar-refractivity contribution in [3.05, 3.63) is 11.8 Å². The molecule has 4 heteroatoms. The Morgan fingerprint density at radius 3 is 2.00 bits per heavy atom. The molecule has 0 radical (unpaired) electrons. The molecule has 17 heavy (non-hydrogen) atoms. The third-order valence-corrected chi connectivity index (χ3v) is 4.90. The highest BCUT2D eigenvalue weighted by atomic mass is 28.4. The van der Waals surface area contributed by atoms with Crippen molar-refractivity contribution in [1.29, 1.82) is 0 Å². The van der Waals surface area contributed by atoms with Gasteiger partial charge in [-0.05, 0) is 32.4 Å². The fourth-order valence-corrected chi connectivity index (χ4v) is 3.65. The highest BCUT2D eigenvalue weighted by molar-refractivity contribution is 6.66. The molecule has 0 aromatic rings. The molecule has 0 aliphatic carbocycles. The second-order valence-corrected chi connectivity index (χ2v) is 6.27. The van der Waals surface area contributed by atoms with E-state index in [4.69, 9.17) is 13.3 Å². The number of hydrogen-bond acceptors (Lipinski definition) is 3. The Kier molecular flexibility index (Phi) is 10.9. The average Bonchev–Trinajstić information content (AvgIpc) is 2.30. The predicted molar refractivity (Wildman–Crippen MR) is 73.9 cm³/mol. The van der Waals surface area contributed by atoms with Crippen molar-refractivity contribution in [2.45, 2.75) is 53.4 Å². The van der Waals surface area contributed by atoms with Crippen molar-refractivity contribution in [3.8, 4) is 0 Å². The van der Waals surface area contributed by atoms with E-state index in [0.717, 1.165) is 32.3 Å². The summed E-state index contributed by atoms with van der Waals surface area (Å²) in [7, 11) is -2.55. The van der Waals surface area contributed by atoms with E-state index >= 15 is 0 Å². The minimum absolute atomic E-state index is 0.634. The van der Waals surface area contributed by atoms with Crippen molar-refractivity contribution in [2.75, 3.05) is 19.8 Å². The molecule has 0 spiro atoms. The first-order chi connectivity index (χ1) is 8.24. The highest BCUT2D eigenvalue weighted by Gasteiger charge is 2.37. The largest absolute Gasteiger partial charge is 0.529 e. The summed E-state index contributed by atoms with van der Waals surface area (Å²) in [5.41, 5.74) is 2.04. The summed E-state index contributed by atoms with van der Waals surface area (Å²) in [6, 6.07) is 0. The van der Waals surface area contributed by atoms with Gasteiger partial charge in [0.15, 0.2) is 0 Å². The molecule has 0 aromatic carbocycles. The molecule has 0 N–H and O–H groups in total. The lowest BCUT2D eigenvalue weighted by Crippen LogP contribution is -2.44. The van der Waals surface area contributed by atoms with Gasteiger partial charge in [0, 0.05) is 19.8 Å². The Bertz CT molecular complexity index is 189. The lowest BCUT2D eigenvalue weighted by molar-refractivity contribution is 0.0786. The van der Waals surface area contributed by atoms with Crippen LogP contribution in [0.25, 0.3) is 0 Å². The van der Waals surface area contributed by atoms with Gasteiger partial charge in [-0.15, -0.1) is 0 Å². The predicted octanol–water partition coefficient (Wildman–Crippen LogP) is 3.71. The molecule has 0 rings (SSSR count). The van der Waals surface area contributed by atoms with Gasteiger partial charge < -0.3 is 13.3 Å². The van der Waals surface area contributed by atoms with E-state index in [1.54, 1.807) is 0 Å². The lowest BCUT2D eigenvalue weighted by Gasteiger charge is -2.25. The second-order valence-electron chi connectivity index (χ2n) is 3.86. The Morgan fingerprint density at radius 1 is 0.882 bits per heavy atom. The Labute approximate surface area is 108 Å². The molecule has 0 aromatic heterocycles. The molecule has 0 aliphatic rings. The van der Waals surface area contributed by atoms with Crippen LogP contribution in [-0.4, -0.2) is 28.6 Å². The molecule has 0 fully saturated rings. The summed E-state index contributed by atoms with van der Waals surface area (Å²) < 4.78 is 17.4. The van der Waals surface area contributed by atoms with Gasteiger partial charge in [-0.1, -0.05) is 32.8 Å². The summed E-state index contributed by atoms with van der Waals surface area (Å²) in [5.74, 6) is 0. The van der Waals surface area contributed by atoms with Crippen molar-refractivity contribution in [2.24, 2.45) is 0 Å². The van der Waals surface area contributed by atoms with Crippen molar-refractivity contribution >= 4 is 8.80 Å². The number of allylic oxidation sites excluding steroid dienone is 1. The highest BCUT2D eigenvalue weighted by Crippen LogP contribution is 2.13. The van der Waals surface area contributed by atoms with Gasteiger partial charge >= 0.3 is 8.80 Å². The maximum absolute atomic E-state index is 5.91. The first kappa shape index (κ1) is 16.8. The van der Waals surface area contributed by atoms with Crippen molar-refractivity contribution < 1.29 is 13.3 Å². The van der Waals surface area contributed by atoms with Crippen LogP contribution in [0, 0.1) is 0 Å². The van der Waals surface area contributed by atoms with E-state index in [-0.39, 0.29) is 0 Å². The Balaban J connectivity index is 4.47. The molecule has 0 saturated heterocycles. The van der Waals surface area contributed by atoms with Crippen LogP contribution in [0.4, 0.5) is 0 Å². The zero-order valence-electron chi connectivity index (χ0n) is 11.8. The summed E-state index contributed by atoms with van der Waals surface area (Å²) in [6.45, 7) is 10.3. The molecular formula is C13H28O3Si. The monoisotopic (exact) mass is 260 g/mol. The van der Waals surface area contributed by atoms with Crippen molar-refractivity contribution in [1.82, 2.24) is 0 Å². The molecule has 102 valence electrons. The van der Waals surface area contributed by atoms with Gasteiger partial charge in [0.2, 0.25) is 0 Å². The fourth-order valence-electron chi connectivity index (χ4n) is 1.42. The van der Waals surface area contributed by atoms with E-state index in [2.05, 4.69) is 19.9 Å². The minimum Gasteiger partial charge on any atom is -0.371 e. The SMILES string of the molecule is CCCC=C[Si](OCC)(OCC)OCCCC. The summed E-state index contributed by atoms with van der Waals surface area (Å²) in [5, 5.41) is 0. The van der Waals surface area contributed by atoms with Gasteiger partial charge in [-0.2, -0.15) is 0 Å². The van der Waals surface area contributed by atoms with Crippen LogP contribution in [0.1, 0.15) is 53.4 Å². The zero-order valence-corrected chi connectivity index (χ0v) is 12.8. The van der Waals surface area contributed by atoms with Crippen LogP contribution in [0.3, 0.4) is 0 Å². The average molecular weight is 260 g/mol. The van der Waals surface area contributed by atoms with E-state index in [0.29, 0.717) is 13.2 Å². The molecule has 0 aliphatic heterocycles. The van der Waals surface area contributed by atoms with Crippen LogP contribution in [0.15, 0.2) is 11.8 Å². The molecule has 0 saturated carbocycles. The standard InChI is InChI=1S/C13H28O3Si/c1-5-9-11-13-17(14-7-3,15-8-4)16-12-10-6-2/h11,13H,5-10,12H2,1-4H3. The molecular weight excluding hydrogens is 232 g/mol. The smallest absolute Gasteiger partial charge is 0.371 e. The third-order valence-electron chi connectivity index (χ3n) is 2.27. The van der Waals surface area contributed by atoms with Crippen LogP contribution in [-0.2, 0) is 13.3 Å². The summed E-state index contributed by atoms with van der Waals surface area (Å²) >= 11 is 0.